The van der Waals surface area contributed by atoms with Gasteiger partial charge in [-0.2, -0.15) is 0 Å². The standard InChI is InChI=1S/C19H32N2/c1-14(2)12-21(18-7-5-6-8-18)13-19(20)17-10-15(3)9-16(4)11-17/h9-11,14,18-19H,5-8,12-13,20H2,1-4H3. The van der Waals surface area contributed by atoms with Crippen molar-refractivity contribution in [2.24, 2.45) is 11.7 Å². The van der Waals surface area contributed by atoms with Crippen LogP contribution in [0.4, 0.5) is 0 Å². The molecule has 0 aromatic heterocycles. The highest BCUT2D eigenvalue weighted by Gasteiger charge is 2.25. The van der Waals surface area contributed by atoms with E-state index >= 15 is 0 Å². The molecule has 1 aromatic rings. The van der Waals surface area contributed by atoms with Gasteiger partial charge in [-0.05, 0) is 38.2 Å². The molecule has 1 aliphatic rings. The Hall–Kier alpha value is -0.860. The third-order valence-electron chi connectivity index (χ3n) is 4.54. The molecule has 1 atom stereocenters. The Labute approximate surface area is 130 Å². The van der Waals surface area contributed by atoms with Crippen LogP contribution in [0.1, 0.15) is 62.3 Å². The molecule has 1 saturated carbocycles. The lowest BCUT2D eigenvalue weighted by Crippen LogP contribution is -2.41. The molecular formula is C19H32N2. The molecule has 0 heterocycles. The fourth-order valence-electron chi connectivity index (χ4n) is 3.69. The van der Waals surface area contributed by atoms with E-state index in [2.05, 4.69) is 50.8 Å². The molecule has 2 nitrogen and oxygen atoms in total. The third kappa shape index (κ3) is 4.82. The van der Waals surface area contributed by atoms with E-state index in [4.69, 9.17) is 5.73 Å². The summed E-state index contributed by atoms with van der Waals surface area (Å²) in [6, 6.07) is 7.60. The minimum atomic E-state index is 0.128. The Morgan fingerprint density at radius 1 is 1.05 bits per heavy atom. The maximum Gasteiger partial charge on any atom is 0.0424 e. The van der Waals surface area contributed by atoms with Crippen molar-refractivity contribution in [3.63, 3.8) is 0 Å². The third-order valence-corrected chi connectivity index (χ3v) is 4.54. The van der Waals surface area contributed by atoms with E-state index in [1.165, 1.54) is 48.9 Å². The van der Waals surface area contributed by atoms with Gasteiger partial charge in [0.15, 0.2) is 0 Å². The second-order valence-electron chi connectivity index (χ2n) is 7.31. The fourth-order valence-corrected chi connectivity index (χ4v) is 3.69. The van der Waals surface area contributed by atoms with E-state index in [0.29, 0.717) is 5.92 Å². The predicted octanol–water partition coefficient (Wildman–Crippen LogP) is 4.20. The first-order valence-corrected chi connectivity index (χ1v) is 8.53. The summed E-state index contributed by atoms with van der Waals surface area (Å²) < 4.78 is 0. The van der Waals surface area contributed by atoms with Crippen LogP contribution in [0.15, 0.2) is 18.2 Å². The molecule has 0 spiro atoms. The average Bonchev–Trinajstić information content (AvgIpc) is 2.89. The summed E-state index contributed by atoms with van der Waals surface area (Å²) in [5, 5.41) is 0. The van der Waals surface area contributed by atoms with Crippen molar-refractivity contribution in [3.05, 3.63) is 34.9 Å². The van der Waals surface area contributed by atoms with Crippen molar-refractivity contribution in [2.75, 3.05) is 13.1 Å². The fraction of sp³-hybridized carbons (Fsp3) is 0.684. The highest BCUT2D eigenvalue weighted by atomic mass is 15.2. The second-order valence-corrected chi connectivity index (χ2v) is 7.31. The zero-order valence-electron chi connectivity index (χ0n) is 14.2. The molecule has 2 N–H and O–H groups in total. The number of hydrogen-bond acceptors (Lipinski definition) is 2. The van der Waals surface area contributed by atoms with Crippen molar-refractivity contribution in [2.45, 2.75) is 65.5 Å². The molecule has 0 aliphatic heterocycles. The van der Waals surface area contributed by atoms with Crippen LogP contribution in [-0.2, 0) is 0 Å². The number of rotatable bonds is 6. The van der Waals surface area contributed by atoms with Gasteiger partial charge in [-0.25, -0.2) is 0 Å². The van der Waals surface area contributed by atoms with Gasteiger partial charge in [0.1, 0.15) is 0 Å². The molecule has 118 valence electrons. The van der Waals surface area contributed by atoms with Crippen LogP contribution in [0.25, 0.3) is 0 Å². The Balaban J connectivity index is 2.07. The maximum absolute atomic E-state index is 6.54. The van der Waals surface area contributed by atoms with Crippen molar-refractivity contribution < 1.29 is 0 Å². The van der Waals surface area contributed by atoms with Crippen LogP contribution in [-0.4, -0.2) is 24.0 Å². The van der Waals surface area contributed by atoms with E-state index in [-0.39, 0.29) is 6.04 Å². The van der Waals surface area contributed by atoms with Gasteiger partial charge in [0.25, 0.3) is 0 Å². The Bertz CT molecular complexity index is 427. The first kappa shape index (κ1) is 16.5. The molecule has 0 saturated heterocycles. The molecule has 0 radical (unpaired) electrons. The van der Waals surface area contributed by atoms with Crippen LogP contribution in [0.3, 0.4) is 0 Å². The van der Waals surface area contributed by atoms with Crippen molar-refractivity contribution >= 4 is 0 Å². The van der Waals surface area contributed by atoms with Crippen molar-refractivity contribution in [1.29, 1.82) is 0 Å². The SMILES string of the molecule is Cc1cc(C)cc(C(N)CN(CC(C)C)C2CCCC2)c1. The van der Waals surface area contributed by atoms with Gasteiger partial charge >= 0.3 is 0 Å². The van der Waals surface area contributed by atoms with E-state index in [1.54, 1.807) is 0 Å². The van der Waals surface area contributed by atoms with Gasteiger partial charge < -0.3 is 5.73 Å². The van der Waals surface area contributed by atoms with E-state index in [0.717, 1.165) is 12.6 Å². The van der Waals surface area contributed by atoms with Gasteiger partial charge in [0, 0.05) is 25.2 Å². The minimum absolute atomic E-state index is 0.128. The van der Waals surface area contributed by atoms with Crippen LogP contribution >= 0.6 is 0 Å². The summed E-state index contributed by atoms with van der Waals surface area (Å²) >= 11 is 0. The number of aryl methyl sites for hydroxylation is 2. The van der Waals surface area contributed by atoms with Gasteiger partial charge in [-0.1, -0.05) is 56.0 Å². The summed E-state index contributed by atoms with van der Waals surface area (Å²) in [5.74, 6) is 0.706. The normalized spacial score (nSPS) is 17.9. The predicted molar refractivity (Wildman–Crippen MR) is 91.5 cm³/mol. The zero-order chi connectivity index (χ0) is 15.4. The molecule has 2 rings (SSSR count). The monoisotopic (exact) mass is 288 g/mol. The second kappa shape index (κ2) is 7.42. The number of hydrogen-bond donors (Lipinski definition) is 1. The summed E-state index contributed by atoms with van der Waals surface area (Å²) in [7, 11) is 0. The first-order valence-electron chi connectivity index (χ1n) is 8.53. The molecule has 1 unspecified atom stereocenters. The molecule has 1 aliphatic carbocycles. The van der Waals surface area contributed by atoms with Crippen molar-refractivity contribution in [3.8, 4) is 0 Å². The van der Waals surface area contributed by atoms with Crippen LogP contribution < -0.4 is 5.73 Å². The van der Waals surface area contributed by atoms with Gasteiger partial charge in [-0.3, -0.25) is 4.90 Å². The Morgan fingerprint density at radius 2 is 1.62 bits per heavy atom. The molecule has 0 amide bonds. The minimum Gasteiger partial charge on any atom is -0.323 e. The van der Waals surface area contributed by atoms with Crippen LogP contribution in [0.2, 0.25) is 0 Å². The topological polar surface area (TPSA) is 29.3 Å². The quantitative estimate of drug-likeness (QED) is 0.850. The Morgan fingerprint density at radius 3 is 2.14 bits per heavy atom. The first-order chi connectivity index (χ1) is 9.95. The molecule has 2 heteroatoms. The van der Waals surface area contributed by atoms with E-state index in [9.17, 15) is 0 Å². The number of nitrogens with two attached hydrogens (primary N) is 1. The van der Waals surface area contributed by atoms with Crippen LogP contribution in [0, 0.1) is 19.8 Å². The van der Waals surface area contributed by atoms with E-state index < -0.39 is 0 Å². The average molecular weight is 288 g/mol. The van der Waals surface area contributed by atoms with Crippen LogP contribution in [0.5, 0.6) is 0 Å². The van der Waals surface area contributed by atoms with Gasteiger partial charge in [0.2, 0.25) is 0 Å². The van der Waals surface area contributed by atoms with Gasteiger partial charge in [0.05, 0.1) is 0 Å². The summed E-state index contributed by atoms with van der Waals surface area (Å²) in [6.07, 6.45) is 5.48. The molecule has 1 fully saturated rings. The largest absolute Gasteiger partial charge is 0.323 e. The zero-order valence-corrected chi connectivity index (χ0v) is 14.2. The highest BCUT2D eigenvalue weighted by Crippen LogP contribution is 2.26. The number of nitrogens with zero attached hydrogens (tertiary/aromatic N) is 1. The highest BCUT2D eigenvalue weighted by molar-refractivity contribution is 5.30. The number of benzene rings is 1. The van der Waals surface area contributed by atoms with Gasteiger partial charge in [-0.15, -0.1) is 0 Å². The lowest BCUT2D eigenvalue weighted by atomic mass is 10.0. The summed E-state index contributed by atoms with van der Waals surface area (Å²) in [5.41, 5.74) is 10.5. The molecular weight excluding hydrogens is 256 g/mol. The summed E-state index contributed by atoms with van der Waals surface area (Å²) in [4.78, 5) is 2.65. The van der Waals surface area contributed by atoms with E-state index in [1.807, 2.05) is 0 Å². The lowest BCUT2D eigenvalue weighted by Gasteiger charge is -2.33. The molecule has 21 heavy (non-hydrogen) atoms. The summed E-state index contributed by atoms with van der Waals surface area (Å²) in [6.45, 7) is 11.1. The molecule has 1 aromatic carbocycles. The lowest BCUT2D eigenvalue weighted by molar-refractivity contribution is 0.167. The maximum atomic E-state index is 6.54. The molecule has 0 bridgehead atoms. The smallest absolute Gasteiger partial charge is 0.0424 e. The Kier molecular flexibility index (Phi) is 5.83. The van der Waals surface area contributed by atoms with Crippen molar-refractivity contribution in [1.82, 2.24) is 4.90 Å².